The van der Waals surface area contributed by atoms with Gasteiger partial charge in [0.2, 0.25) is 0 Å². The van der Waals surface area contributed by atoms with E-state index < -0.39 is 5.91 Å². The smallest absolute Gasteiger partial charge is 0.266 e. The molecule has 0 heterocycles. The predicted octanol–water partition coefficient (Wildman–Crippen LogP) is 5.44. The number of benzene rings is 3. The van der Waals surface area contributed by atoms with Crippen molar-refractivity contribution in [2.75, 3.05) is 11.9 Å². The minimum atomic E-state index is -0.504. The van der Waals surface area contributed by atoms with Crippen LogP contribution in [0, 0.1) is 11.3 Å². The van der Waals surface area contributed by atoms with Crippen molar-refractivity contribution in [3.63, 3.8) is 0 Å². The van der Waals surface area contributed by atoms with Gasteiger partial charge in [0.15, 0.2) is 0 Å². The summed E-state index contributed by atoms with van der Waals surface area (Å²) in [7, 11) is 0. The molecule has 0 fully saturated rings. The van der Waals surface area contributed by atoms with E-state index in [-0.39, 0.29) is 5.57 Å². The first-order valence-electron chi connectivity index (χ1n) is 8.45. The molecule has 4 nitrogen and oxygen atoms in total. The van der Waals surface area contributed by atoms with Gasteiger partial charge < -0.3 is 10.1 Å². The number of ether oxygens (including phenoxy) is 1. The number of fused-ring (bicyclic) bond motifs is 1. The van der Waals surface area contributed by atoms with Crippen LogP contribution in [0.15, 0.2) is 66.2 Å². The van der Waals surface area contributed by atoms with Crippen molar-refractivity contribution in [3.05, 3.63) is 76.8 Å². The largest absolute Gasteiger partial charge is 0.493 e. The maximum Gasteiger partial charge on any atom is 0.266 e. The van der Waals surface area contributed by atoms with E-state index in [2.05, 4.69) is 5.32 Å². The number of hydrogen-bond donors (Lipinski definition) is 1. The molecule has 0 aliphatic rings. The molecule has 134 valence electrons. The Kier molecular flexibility index (Phi) is 5.75. The number of anilines is 1. The lowest BCUT2D eigenvalue weighted by atomic mass is 10.0. The highest BCUT2D eigenvalue weighted by Gasteiger charge is 2.13. The summed E-state index contributed by atoms with van der Waals surface area (Å²) in [5, 5.41) is 14.6. The van der Waals surface area contributed by atoms with Crippen LogP contribution in [0.5, 0.6) is 5.75 Å². The zero-order chi connectivity index (χ0) is 19.2. The fourth-order valence-electron chi connectivity index (χ4n) is 2.76. The molecule has 0 saturated carbocycles. The molecule has 0 aliphatic heterocycles. The van der Waals surface area contributed by atoms with Crippen molar-refractivity contribution in [3.8, 4) is 11.8 Å². The van der Waals surface area contributed by atoms with Gasteiger partial charge in [0.1, 0.15) is 17.4 Å². The Morgan fingerprint density at radius 1 is 1.19 bits per heavy atom. The van der Waals surface area contributed by atoms with Crippen molar-refractivity contribution >= 4 is 40.0 Å². The highest BCUT2D eigenvalue weighted by molar-refractivity contribution is 6.31. The van der Waals surface area contributed by atoms with Gasteiger partial charge in [-0.2, -0.15) is 5.26 Å². The molecule has 0 aliphatic carbocycles. The number of carbonyl (C=O) groups is 1. The highest BCUT2D eigenvalue weighted by Crippen LogP contribution is 2.30. The van der Waals surface area contributed by atoms with Gasteiger partial charge in [-0.25, -0.2) is 0 Å². The second-order valence-electron chi connectivity index (χ2n) is 5.77. The van der Waals surface area contributed by atoms with E-state index in [1.54, 1.807) is 30.3 Å². The predicted molar refractivity (Wildman–Crippen MR) is 109 cm³/mol. The Bertz CT molecular complexity index is 1070. The first-order chi connectivity index (χ1) is 13.1. The zero-order valence-electron chi connectivity index (χ0n) is 14.7. The van der Waals surface area contributed by atoms with E-state index in [4.69, 9.17) is 16.3 Å². The van der Waals surface area contributed by atoms with Gasteiger partial charge in [-0.15, -0.1) is 0 Å². The number of rotatable bonds is 5. The van der Waals surface area contributed by atoms with Crippen molar-refractivity contribution < 1.29 is 9.53 Å². The molecule has 0 saturated heterocycles. The maximum atomic E-state index is 12.6. The maximum absolute atomic E-state index is 12.6. The van der Waals surface area contributed by atoms with Crippen molar-refractivity contribution in [1.29, 1.82) is 5.26 Å². The highest BCUT2D eigenvalue weighted by atomic mass is 35.5. The van der Waals surface area contributed by atoms with Gasteiger partial charge in [0.25, 0.3) is 5.91 Å². The molecule has 3 aromatic rings. The van der Waals surface area contributed by atoms with E-state index in [0.717, 1.165) is 10.8 Å². The number of nitriles is 1. The quantitative estimate of drug-likeness (QED) is 0.476. The Morgan fingerprint density at radius 2 is 2.00 bits per heavy atom. The SMILES string of the molecule is CCOc1ccc2ccccc2c1/C=C(\C#N)C(=O)Nc1cccc(Cl)c1. The Morgan fingerprint density at radius 3 is 2.74 bits per heavy atom. The molecule has 1 amide bonds. The number of nitrogens with zero attached hydrogens (tertiary/aromatic N) is 1. The summed E-state index contributed by atoms with van der Waals surface area (Å²) in [5.41, 5.74) is 1.21. The average Bonchev–Trinajstić information content (AvgIpc) is 2.67. The van der Waals surface area contributed by atoms with E-state index in [0.29, 0.717) is 28.6 Å². The van der Waals surface area contributed by atoms with Crippen LogP contribution in [0.4, 0.5) is 5.69 Å². The Balaban J connectivity index is 2.03. The third-order valence-corrected chi connectivity index (χ3v) is 4.20. The van der Waals surface area contributed by atoms with Crippen LogP contribution in [0.25, 0.3) is 16.8 Å². The second-order valence-corrected chi connectivity index (χ2v) is 6.20. The van der Waals surface area contributed by atoms with Gasteiger partial charge >= 0.3 is 0 Å². The van der Waals surface area contributed by atoms with Gasteiger partial charge in [-0.3, -0.25) is 4.79 Å². The summed E-state index contributed by atoms with van der Waals surface area (Å²) in [6.45, 7) is 2.37. The molecule has 0 spiro atoms. The molecule has 0 unspecified atom stereocenters. The summed E-state index contributed by atoms with van der Waals surface area (Å²) in [5.74, 6) is 0.120. The molecule has 0 atom stereocenters. The second kappa shape index (κ2) is 8.39. The van der Waals surface area contributed by atoms with E-state index in [1.165, 1.54) is 0 Å². The first-order valence-corrected chi connectivity index (χ1v) is 8.83. The Hall–Kier alpha value is -3.29. The lowest BCUT2D eigenvalue weighted by Crippen LogP contribution is -2.13. The third kappa shape index (κ3) is 4.28. The van der Waals surface area contributed by atoms with Crippen molar-refractivity contribution in [1.82, 2.24) is 0 Å². The van der Waals surface area contributed by atoms with Crippen molar-refractivity contribution in [2.45, 2.75) is 6.92 Å². The zero-order valence-corrected chi connectivity index (χ0v) is 15.5. The molecule has 0 radical (unpaired) electrons. The molecule has 0 aromatic heterocycles. The monoisotopic (exact) mass is 376 g/mol. The van der Waals surface area contributed by atoms with Crippen LogP contribution in [0.2, 0.25) is 5.02 Å². The van der Waals surface area contributed by atoms with Crippen LogP contribution < -0.4 is 10.1 Å². The molecular weight excluding hydrogens is 360 g/mol. The number of carbonyl (C=O) groups excluding carboxylic acids is 1. The van der Waals surface area contributed by atoms with Gasteiger partial charge in [-0.05, 0) is 48.0 Å². The molecule has 1 N–H and O–H groups in total. The summed E-state index contributed by atoms with van der Waals surface area (Å²) in [4.78, 5) is 12.6. The van der Waals surface area contributed by atoms with Gasteiger partial charge in [0, 0.05) is 16.3 Å². The lowest BCUT2D eigenvalue weighted by Gasteiger charge is -2.11. The topological polar surface area (TPSA) is 62.1 Å². The normalized spacial score (nSPS) is 11.1. The standard InChI is InChI=1S/C22H17ClN2O2/c1-2-27-21-11-10-15-6-3-4-9-19(15)20(21)12-16(14-24)22(26)25-18-8-5-7-17(23)13-18/h3-13H,2H2,1H3,(H,25,26)/b16-12+. The summed E-state index contributed by atoms with van der Waals surface area (Å²) in [6, 6.07) is 20.3. The number of amides is 1. The third-order valence-electron chi connectivity index (χ3n) is 3.97. The number of halogens is 1. The summed E-state index contributed by atoms with van der Waals surface area (Å²) in [6.07, 6.45) is 1.56. The fourth-order valence-corrected chi connectivity index (χ4v) is 2.95. The van der Waals surface area contributed by atoms with E-state index in [1.807, 2.05) is 49.4 Å². The van der Waals surface area contributed by atoms with Crippen LogP contribution in [-0.2, 0) is 4.79 Å². The van der Waals surface area contributed by atoms with Gasteiger partial charge in [0.05, 0.1) is 6.61 Å². The van der Waals surface area contributed by atoms with Gasteiger partial charge in [-0.1, -0.05) is 48.0 Å². The number of nitrogens with one attached hydrogen (secondary N) is 1. The summed E-state index contributed by atoms with van der Waals surface area (Å²) < 4.78 is 5.70. The van der Waals surface area contributed by atoms with Crippen LogP contribution in [-0.4, -0.2) is 12.5 Å². The van der Waals surface area contributed by atoms with E-state index in [9.17, 15) is 10.1 Å². The molecule has 27 heavy (non-hydrogen) atoms. The summed E-state index contributed by atoms with van der Waals surface area (Å²) >= 11 is 5.94. The average molecular weight is 377 g/mol. The molecule has 3 aromatic carbocycles. The minimum Gasteiger partial charge on any atom is -0.493 e. The molecule has 5 heteroatoms. The molecular formula is C22H17ClN2O2. The number of hydrogen-bond acceptors (Lipinski definition) is 3. The van der Waals surface area contributed by atoms with E-state index >= 15 is 0 Å². The minimum absolute atomic E-state index is 0.0210. The van der Waals surface area contributed by atoms with Crippen LogP contribution in [0.1, 0.15) is 12.5 Å². The Labute approximate surface area is 162 Å². The van der Waals surface area contributed by atoms with Crippen LogP contribution >= 0.6 is 11.6 Å². The first kappa shape index (κ1) is 18.5. The van der Waals surface area contributed by atoms with Crippen LogP contribution in [0.3, 0.4) is 0 Å². The molecule has 3 rings (SSSR count). The lowest BCUT2D eigenvalue weighted by molar-refractivity contribution is -0.112. The fraction of sp³-hybridized carbons (Fsp3) is 0.0909. The molecule has 0 bridgehead atoms. The van der Waals surface area contributed by atoms with Crippen molar-refractivity contribution in [2.24, 2.45) is 0 Å².